The van der Waals surface area contributed by atoms with Crippen molar-refractivity contribution in [3.8, 4) is 0 Å². The van der Waals surface area contributed by atoms with Gasteiger partial charge in [-0.3, -0.25) is 14.4 Å². The molecule has 0 bridgehead atoms. The van der Waals surface area contributed by atoms with E-state index >= 15 is 0 Å². The maximum Gasteiger partial charge on any atom is 0.264 e. The topological polar surface area (TPSA) is 92.3 Å². The van der Waals surface area contributed by atoms with Crippen LogP contribution in [-0.4, -0.2) is 31.1 Å². The molecule has 1 heterocycles. The van der Waals surface area contributed by atoms with Gasteiger partial charge in [0.05, 0.1) is 10.6 Å². The summed E-state index contributed by atoms with van der Waals surface area (Å²) in [4.78, 5) is 13.1. The van der Waals surface area contributed by atoms with Gasteiger partial charge >= 0.3 is 0 Å². The monoisotopic (exact) mass is 558 g/mol. The first-order valence-corrected chi connectivity index (χ1v) is 14.5. The number of nitrogens with zero attached hydrogens (tertiary/aromatic N) is 3. The smallest absolute Gasteiger partial charge is 0.264 e. The third-order valence-electron chi connectivity index (χ3n) is 5.18. The van der Waals surface area contributed by atoms with Crippen LogP contribution >= 0.6 is 34.7 Å². The summed E-state index contributed by atoms with van der Waals surface area (Å²) in [5.74, 6) is 0.192. The minimum Gasteiger partial charge on any atom is -0.299 e. The number of benzene rings is 3. The first-order valence-electron chi connectivity index (χ1n) is 10.9. The fraction of sp³-hybridized carbons (Fsp3) is 0.160. The van der Waals surface area contributed by atoms with Crippen LogP contribution in [0.4, 0.5) is 10.8 Å². The molecule has 0 saturated carbocycles. The average molecular weight is 559 g/mol. The van der Waals surface area contributed by atoms with Crippen LogP contribution in [0, 0.1) is 13.8 Å². The number of amides is 1. The summed E-state index contributed by atoms with van der Waals surface area (Å²) >= 11 is 8.84. The number of thioether (sulfide) groups is 1. The number of carbonyl (C=O) groups excluding carboxylic acids is 1. The number of hydrogen-bond acceptors (Lipinski definition) is 7. The van der Waals surface area contributed by atoms with Crippen LogP contribution in [0.15, 0.2) is 82.0 Å². The average Bonchev–Trinajstić information content (AvgIpc) is 3.29. The number of aryl methyl sites for hydroxylation is 2. The highest BCUT2D eigenvalue weighted by Crippen LogP contribution is 2.30. The second-order valence-corrected chi connectivity index (χ2v) is 12.4. The van der Waals surface area contributed by atoms with Gasteiger partial charge in [-0.05, 0) is 55.3 Å². The number of hydrogen-bond donors (Lipinski definition) is 1. The molecule has 0 atom stereocenters. The highest BCUT2D eigenvalue weighted by molar-refractivity contribution is 8.00. The minimum absolute atomic E-state index is 0.0887. The predicted molar refractivity (Wildman–Crippen MR) is 146 cm³/mol. The summed E-state index contributed by atoms with van der Waals surface area (Å²) in [6, 6.07) is 21.3. The number of sulfonamides is 1. The summed E-state index contributed by atoms with van der Waals surface area (Å²) < 4.78 is 28.9. The molecule has 11 heteroatoms. The summed E-state index contributed by atoms with van der Waals surface area (Å²) in [6.45, 7) is 3.18. The number of rotatable bonds is 9. The Bertz CT molecular complexity index is 1460. The lowest BCUT2D eigenvalue weighted by Crippen LogP contribution is -2.38. The molecule has 4 aromatic rings. The number of carbonyl (C=O) groups is 1. The molecule has 7 nitrogen and oxygen atoms in total. The molecular weight excluding hydrogens is 536 g/mol. The van der Waals surface area contributed by atoms with Crippen molar-refractivity contribution in [3.05, 3.63) is 94.5 Å². The Morgan fingerprint density at radius 1 is 1.03 bits per heavy atom. The van der Waals surface area contributed by atoms with Gasteiger partial charge in [0, 0.05) is 10.8 Å². The standard InChI is InChI=1S/C25H23ClN4O3S3/c1-17-8-11-21(12-9-17)36(32,33)30(22-13-10-20(26)14-18(22)2)15-23(31)27-24-28-29-25(35-24)34-16-19-6-4-3-5-7-19/h3-14H,15-16H2,1-2H3,(H,27,28,31). The summed E-state index contributed by atoms with van der Waals surface area (Å²) in [5.41, 5.74) is 3.07. The van der Waals surface area contributed by atoms with Gasteiger partial charge in [-0.1, -0.05) is 82.7 Å². The van der Waals surface area contributed by atoms with Crippen LogP contribution in [0.5, 0.6) is 0 Å². The van der Waals surface area contributed by atoms with Gasteiger partial charge in [0.15, 0.2) is 4.34 Å². The Labute approximate surface area is 223 Å². The minimum atomic E-state index is -4.03. The van der Waals surface area contributed by atoms with Gasteiger partial charge in [-0.2, -0.15) is 0 Å². The van der Waals surface area contributed by atoms with E-state index < -0.39 is 22.5 Å². The van der Waals surface area contributed by atoms with Crippen molar-refractivity contribution >= 4 is 61.4 Å². The third-order valence-corrected chi connectivity index (χ3v) is 9.23. The Balaban J connectivity index is 1.53. The van der Waals surface area contributed by atoms with Crippen LogP contribution in [0.3, 0.4) is 0 Å². The fourth-order valence-corrected chi connectivity index (χ4v) is 6.80. The Morgan fingerprint density at radius 2 is 1.75 bits per heavy atom. The Kier molecular flexibility index (Phi) is 8.30. The van der Waals surface area contributed by atoms with Crippen molar-refractivity contribution in [2.75, 3.05) is 16.2 Å². The normalized spacial score (nSPS) is 11.3. The van der Waals surface area contributed by atoms with E-state index in [0.717, 1.165) is 21.2 Å². The Hall–Kier alpha value is -2.92. The highest BCUT2D eigenvalue weighted by Gasteiger charge is 2.28. The molecule has 0 fully saturated rings. The van der Waals surface area contributed by atoms with Crippen LogP contribution in [-0.2, 0) is 20.6 Å². The van der Waals surface area contributed by atoms with E-state index in [4.69, 9.17) is 11.6 Å². The first kappa shape index (κ1) is 26.2. The fourth-order valence-electron chi connectivity index (χ4n) is 3.36. The molecule has 0 unspecified atom stereocenters. The van der Waals surface area contributed by atoms with Gasteiger partial charge in [0.2, 0.25) is 11.0 Å². The number of anilines is 2. The van der Waals surface area contributed by atoms with E-state index in [-0.39, 0.29) is 4.90 Å². The second-order valence-electron chi connectivity index (χ2n) is 7.95. The van der Waals surface area contributed by atoms with Crippen molar-refractivity contribution in [1.82, 2.24) is 10.2 Å². The molecule has 186 valence electrons. The van der Waals surface area contributed by atoms with Gasteiger partial charge in [-0.15, -0.1) is 10.2 Å². The molecule has 0 spiro atoms. The van der Waals surface area contributed by atoms with Crippen molar-refractivity contribution in [2.45, 2.75) is 28.8 Å². The summed E-state index contributed by atoms with van der Waals surface area (Å²) in [7, 11) is -4.03. The lowest BCUT2D eigenvalue weighted by molar-refractivity contribution is -0.114. The molecule has 1 N–H and O–H groups in total. The largest absolute Gasteiger partial charge is 0.299 e. The van der Waals surface area contributed by atoms with Crippen LogP contribution in [0.2, 0.25) is 5.02 Å². The van der Waals surface area contributed by atoms with Crippen molar-refractivity contribution < 1.29 is 13.2 Å². The number of halogens is 1. The maximum atomic E-state index is 13.6. The molecule has 0 aliphatic heterocycles. The van der Waals surface area contributed by atoms with E-state index in [2.05, 4.69) is 15.5 Å². The van der Waals surface area contributed by atoms with E-state index in [1.807, 2.05) is 37.3 Å². The molecule has 0 aliphatic carbocycles. The molecule has 3 aromatic carbocycles. The van der Waals surface area contributed by atoms with Crippen LogP contribution in [0.1, 0.15) is 16.7 Å². The van der Waals surface area contributed by atoms with Gasteiger partial charge < -0.3 is 0 Å². The molecule has 1 aromatic heterocycles. The van der Waals surface area contributed by atoms with Crippen LogP contribution < -0.4 is 9.62 Å². The molecule has 0 radical (unpaired) electrons. The second kappa shape index (κ2) is 11.4. The summed E-state index contributed by atoms with van der Waals surface area (Å²) in [6.07, 6.45) is 0. The number of nitrogens with one attached hydrogen (secondary N) is 1. The van der Waals surface area contributed by atoms with Crippen molar-refractivity contribution in [1.29, 1.82) is 0 Å². The van der Waals surface area contributed by atoms with Gasteiger partial charge in [0.1, 0.15) is 6.54 Å². The lowest BCUT2D eigenvalue weighted by atomic mass is 10.2. The van der Waals surface area contributed by atoms with Crippen LogP contribution in [0.25, 0.3) is 0 Å². The van der Waals surface area contributed by atoms with E-state index in [9.17, 15) is 13.2 Å². The molecule has 36 heavy (non-hydrogen) atoms. The molecule has 4 rings (SSSR count). The van der Waals surface area contributed by atoms with Crippen molar-refractivity contribution in [3.63, 3.8) is 0 Å². The van der Waals surface area contributed by atoms with E-state index in [1.165, 1.54) is 35.2 Å². The van der Waals surface area contributed by atoms with Crippen molar-refractivity contribution in [2.24, 2.45) is 0 Å². The Morgan fingerprint density at radius 3 is 2.44 bits per heavy atom. The zero-order valence-electron chi connectivity index (χ0n) is 19.5. The summed E-state index contributed by atoms with van der Waals surface area (Å²) in [5, 5.41) is 11.6. The lowest BCUT2D eigenvalue weighted by Gasteiger charge is -2.25. The molecule has 0 aliphatic rings. The van der Waals surface area contributed by atoms with E-state index in [1.54, 1.807) is 37.3 Å². The molecule has 1 amide bonds. The van der Waals surface area contributed by atoms with Gasteiger partial charge in [0.25, 0.3) is 10.0 Å². The zero-order chi connectivity index (χ0) is 25.7. The SMILES string of the molecule is Cc1ccc(S(=O)(=O)N(CC(=O)Nc2nnc(SCc3ccccc3)s2)c2ccc(Cl)cc2C)cc1. The third kappa shape index (κ3) is 6.44. The molecular formula is C25H23ClN4O3S3. The van der Waals surface area contributed by atoms with E-state index in [0.29, 0.717) is 25.7 Å². The zero-order valence-corrected chi connectivity index (χ0v) is 22.7. The number of aromatic nitrogens is 2. The molecule has 0 saturated heterocycles. The quantitative estimate of drug-likeness (QED) is 0.202. The maximum absolute atomic E-state index is 13.6. The highest BCUT2D eigenvalue weighted by atomic mass is 35.5. The predicted octanol–water partition coefficient (Wildman–Crippen LogP) is 5.93. The van der Waals surface area contributed by atoms with Gasteiger partial charge in [-0.25, -0.2) is 8.42 Å². The first-order chi connectivity index (χ1) is 17.2.